The van der Waals surface area contributed by atoms with Crippen molar-refractivity contribution in [1.82, 2.24) is 4.98 Å². The summed E-state index contributed by atoms with van der Waals surface area (Å²) in [7, 11) is 0. The van der Waals surface area contributed by atoms with Crippen LogP contribution in [-0.4, -0.2) is 4.98 Å². The molecule has 0 aliphatic carbocycles. The Kier molecular flexibility index (Phi) is 3.63. The van der Waals surface area contributed by atoms with Crippen LogP contribution in [0.2, 0.25) is 0 Å². The molecule has 0 aliphatic heterocycles. The van der Waals surface area contributed by atoms with E-state index in [2.05, 4.69) is 16.4 Å². The van der Waals surface area contributed by atoms with E-state index in [0.717, 1.165) is 22.1 Å². The fourth-order valence-corrected chi connectivity index (χ4v) is 2.61. The van der Waals surface area contributed by atoms with Gasteiger partial charge in [-0.15, -0.1) is 11.3 Å². The van der Waals surface area contributed by atoms with Crippen molar-refractivity contribution in [2.75, 3.05) is 5.32 Å². The highest BCUT2D eigenvalue weighted by Gasteiger charge is 2.05. The van der Waals surface area contributed by atoms with Crippen molar-refractivity contribution >= 4 is 22.2 Å². The quantitative estimate of drug-likeness (QED) is 0.770. The first-order valence-corrected chi connectivity index (χ1v) is 7.11. The standard InChI is InChI=1S/C16H10FN3S/c17-13-6-4-12(5-7-13)15-10-21-16(20-15)19-14-3-1-2-11(8-14)9-18/h1-8,10H,(H,19,20). The van der Waals surface area contributed by atoms with Gasteiger partial charge in [0.15, 0.2) is 5.13 Å². The molecule has 1 heterocycles. The second-order valence-corrected chi connectivity index (χ2v) is 5.22. The summed E-state index contributed by atoms with van der Waals surface area (Å²) in [4.78, 5) is 4.46. The summed E-state index contributed by atoms with van der Waals surface area (Å²) in [6.45, 7) is 0. The van der Waals surface area contributed by atoms with Gasteiger partial charge in [-0.2, -0.15) is 5.26 Å². The zero-order valence-electron chi connectivity index (χ0n) is 10.9. The molecule has 0 bridgehead atoms. The minimum Gasteiger partial charge on any atom is -0.331 e. The molecule has 0 spiro atoms. The number of halogens is 1. The Hall–Kier alpha value is -2.71. The number of benzene rings is 2. The summed E-state index contributed by atoms with van der Waals surface area (Å²) in [5, 5.41) is 14.7. The first-order chi connectivity index (χ1) is 10.2. The van der Waals surface area contributed by atoms with E-state index in [1.165, 1.54) is 23.5 Å². The lowest BCUT2D eigenvalue weighted by Crippen LogP contribution is -1.90. The van der Waals surface area contributed by atoms with Crippen LogP contribution in [0.25, 0.3) is 11.3 Å². The number of hydrogen-bond acceptors (Lipinski definition) is 4. The van der Waals surface area contributed by atoms with Crippen molar-refractivity contribution in [3.63, 3.8) is 0 Å². The maximum absolute atomic E-state index is 12.9. The topological polar surface area (TPSA) is 48.7 Å². The molecule has 0 fully saturated rings. The third kappa shape index (κ3) is 3.07. The van der Waals surface area contributed by atoms with Gasteiger partial charge in [0.05, 0.1) is 17.3 Å². The minimum atomic E-state index is -0.263. The van der Waals surface area contributed by atoms with Gasteiger partial charge < -0.3 is 5.32 Å². The Balaban J connectivity index is 1.82. The van der Waals surface area contributed by atoms with Crippen molar-refractivity contribution in [2.45, 2.75) is 0 Å². The number of thiazole rings is 1. The first kappa shape index (κ1) is 13.3. The molecule has 5 heteroatoms. The normalized spacial score (nSPS) is 10.1. The summed E-state index contributed by atoms with van der Waals surface area (Å²) < 4.78 is 12.9. The predicted molar refractivity (Wildman–Crippen MR) is 81.9 cm³/mol. The monoisotopic (exact) mass is 295 g/mol. The number of hydrogen-bond donors (Lipinski definition) is 1. The molecule has 0 radical (unpaired) electrons. The SMILES string of the molecule is N#Cc1cccc(Nc2nc(-c3ccc(F)cc3)cs2)c1. The van der Waals surface area contributed by atoms with E-state index >= 15 is 0 Å². The number of nitrogens with zero attached hydrogens (tertiary/aromatic N) is 2. The molecule has 102 valence electrons. The van der Waals surface area contributed by atoms with Crippen LogP contribution in [0.15, 0.2) is 53.9 Å². The van der Waals surface area contributed by atoms with Gasteiger partial charge in [-0.3, -0.25) is 0 Å². The fourth-order valence-electron chi connectivity index (χ4n) is 1.87. The van der Waals surface area contributed by atoms with Crippen LogP contribution < -0.4 is 5.32 Å². The van der Waals surface area contributed by atoms with Crippen LogP contribution in [0.5, 0.6) is 0 Å². The average Bonchev–Trinajstić information content (AvgIpc) is 2.96. The molecule has 0 saturated heterocycles. The van der Waals surface area contributed by atoms with Crippen LogP contribution in [-0.2, 0) is 0 Å². The van der Waals surface area contributed by atoms with Gasteiger partial charge in [0.2, 0.25) is 0 Å². The van der Waals surface area contributed by atoms with E-state index in [4.69, 9.17) is 5.26 Å². The molecule has 0 unspecified atom stereocenters. The molecule has 3 aromatic rings. The second-order valence-electron chi connectivity index (χ2n) is 4.36. The Morgan fingerprint density at radius 1 is 1.14 bits per heavy atom. The van der Waals surface area contributed by atoms with Crippen molar-refractivity contribution in [1.29, 1.82) is 5.26 Å². The summed E-state index contributed by atoms with van der Waals surface area (Å²) in [6, 6.07) is 15.5. The third-order valence-corrected chi connectivity index (χ3v) is 3.64. The lowest BCUT2D eigenvalue weighted by Gasteiger charge is -2.02. The van der Waals surface area contributed by atoms with Gasteiger partial charge in [0.1, 0.15) is 5.82 Å². The lowest BCUT2D eigenvalue weighted by molar-refractivity contribution is 0.628. The van der Waals surface area contributed by atoms with E-state index in [1.54, 1.807) is 24.3 Å². The molecule has 21 heavy (non-hydrogen) atoms. The van der Waals surface area contributed by atoms with Crippen LogP contribution >= 0.6 is 11.3 Å². The zero-order valence-corrected chi connectivity index (χ0v) is 11.7. The smallest absolute Gasteiger partial charge is 0.187 e. The van der Waals surface area contributed by atoms with E-state index in [1.807, 2.05) is 17.5 Å². The van der Waals surface area contributed by atoms with Crippen molar-refractivity contribution in [3.05, 3.63) is 65.3 Å². The molecule has 0 atom stereocenters. The van der Waals surface area contributed by atoms with E-state index in [9.17, 15) is 4.39 Å². The van der Waals surface area contributed by atoms with Gasteiger partial charge in [-0.1, -0.05) is 6.07 Å². The number of anilines is 2. The molecule has 2 aromatic carbocycles. The molecular formula is C16H10FN3S. The zero-order chi connectivity index (χ0) is 14.7. The van der Waals surface area contributed by atoms with Crippen molar-refractivity contribution in [2.24, 2.45) is 0 Å². The number of rotatable bonds is 3. The Morgan fingerprint density at radius 2 is 1.95 bits per heavy atom. The largest absolute Gasteiger partial charge is 0.331 e. The summed E-state index contributed by atoms with van der Waals surface area (Å²) in [5.74, 6) is -0.263. The highest BCUT2D eigenvalue weighted by Crippen LogP contribution is 2.27. The average molecular weight is 295 g/mol. The fraction of sp³-hybridized carbons (Fsp3) is 0. The highest BCUT2D eigenvalue weighted by atomic mass is 32.1. The molecule has 0 aliphatic rings. The van der Waals surface area contributed by atoms with Gasteiger partial charge in [-0.05, 0) is 42.5 Å². The third-order valence-electron chi connectivity index (χ3n) is 2.89. The van der Waals surface area contributed by atoms with Crippen LogP contribution in [0.1, 0.15) is 5.56 Å². The maximum Gasteiger partial charge on any atom is 0.187 e. The molecule has 3 rings (SSSR count). The van der Waals surface area contributed by atoms with Crippen molar-refractivity contribution < 1.29 is 4.39 Å². The van der Waals surface area contributed by atoms with Gasteiger partial charge in [0, 0.05) is 16.6 Å². The van der Waals surface area contributed by atoms with Gasteiger partial charge >= 0.3 is 0 Å². The molecular weight excluding hydrogens is 285 g/mol. The maximum atomic E-state index is 12.9. The summed E-state index contributed by atoms with van der Waals surface area (Å²) in [6.07, 6.45) is 0. The predicted octanol–water partition coefficient (Wildman–Crippen LogP) is 4.56. The van der Waals surface area contributed by atoms with Gasteiger partial charge in [-0.25, -0.2) is 9.37 Å². The highest BCUT2D eigenvalue weighted by molar-refractivity contribution is 7.14. The second kappa shape index (κ2) is 5.73. The van der Waals surface area contributed by atoms with E-state index < -0.39 is 0 Å². The molecule has 0 saturated carbocycles. The Labute approximate surface area is 125 Å². The summed E-state index contributed by atoms with van der Waals surface area (Å²) in [5.41, 5.74) is 3.06. The number of nitriles is 1. The minimum absolute atomic E-state index is 0.263. The Morgan fingerprint density at radius 3 is 2.71 bits per heavy atom. The van der Waals surface area contributed by atoms with Crippen LogP contribution in [0, 0.1) is 17.1 Å². The summed E-state index contributed by atoms with van der Waals surface area (Å²) >= 11 is 1.46. The molecule has 0 amide bonds. The van der Waals surface area contributed by atoms with Crippen LogP contribution in [0.4, 0.5) is 15.2 Å². The van der Waals surface area contributed by atoms with Gasteiger partial charge in [0.25, 0.3) is 0 Å². The van der Waals surface area contributed by atoms with E-state index in [0.29, 0.717) is 5.56 Å². The van der Waals surface area contributed by atoms with E-state index in [-0.39, 0.29) is 5.82 Å². The number of nitrogens with one attached hydrogen (secondary N) is 1. The molecule has 1 aromatic heterocycles. The Bertz CT molecular complexity index is 803. The molecule has 3 nitrogen and oxygen atoms in total. The molecule has 1 N–H and O–H groups in total. The lowest BCUT2D eigenvalue weighted by atomic mass is 10.2. The number of aromatic nitrogens is 1. The van der Waals surface area contributed by atoms with Crippen LogP contribution in [0.3, 0.4) is 0 Å². The van der Waals surface area contributed by atoms with Crippen molar-refractivity contribution in [3.8, 4) is 17.3 Å². The first-order valence-electron chi connectivity index (χ1n) is 6.23.